The van der Waals surface area contributed by atoms with Gasteiger partial charge in [-0.05, 0) is 31.2 Å². The quantitative estimate of drug-likeness (QED) is 0.286. The van der Waals surface area contributed by atoms with Gasteiger partial charge in [-0.1, -0.05) is 12.2 Å². The maximum atomic E-state index is 13.0. The first-order chi connectivity index (χ1) is 12.0. The van der Waals surface area contributed by atoms with Gasteiger partial charge in [0.05, 0.1) is 6.54 Å². The number of guanidine groups is 1. The second-order valence-corrected chi connectivity index (χ2v) is 6.18. The van der Waals surface area contributed by atoms with Crippen molar-refractivity contribution < 1.29 is 9.18 Å². The minimum absolute atomic E-state index is 0. The van der Waals surface area contributed by atoms with E-state index in [-0.39, 0.29) is 35.7 Å². The Balaban J connectivity index is 0.00000338. The molecule has 144 valence electrons. The number of piperazine rings is 1. The van der Waals surface area contributed by atoms with Crippen molar-refractivity contribution in [3.8, 4) is 0 Å². The van der Waals surface area contributed by atoms with E-state index in [2.05, 4.69) is 21.8 Å². The number of aliphatic imine (C=N–C) groups is 1. The van der Waals surface area contributed by atoms with Crippen LogP contribution in [-0.2, 0) is 4.79 Å². The number of halogens is 2. The van der Waals surface area contributed by atoms with Gasteiger partial charge in [0.1, 0.15) is 5.82 Å². The van der Waals surface area contributed by atoms with Crippen molar-refractivity contribution in [2.75, 3.05) is 44.2 Å². The first-order valence-corrected chi connectivity index (χ1v) is 8.42. The average molecular weight is 475 g/mol. The Labute approximate surface area is 171 Å². The van der Waals surface area contributed by atoms with E-state index < -0.39 is 0 Å². The minimum atomic E-state index is -0.240. The predicted molar refractivity (Wildman–Crippen MR) is 115 cm³/mol. The minimum Gasteiger partial charge on any atom is -0.370 e. The summed E-state index contributed by atoms with van der Waals surface area (Å²) >= 11 is 0. The summed E-state index contributed by atoms with van der Waals surface area (Å²) in [6, 6.07) is 6.45. The zero-order valence-electron chi connectivity index (χ0n) is 15.1. The lowest BCUT2D eigenvalue weighted by Crippen LogP contribution is -2.49. The van der Waals surface area contributed by atoms with Crippen molar-refractivity contribution in [3.05, 3.63) is 42.2 Å². The van der Waals surface area contributed by atoms with E-state index in [1.807, 2.05) is 11.8 Å². The van der Waals surface area contributed by atoms with Crippen molar-refractivity contribution in [1.82, 2.24) is 10.2 Å². The van der Waals surface area contributed by atoms with Crippen LogP contribution in [0.3, 0.4) is 0 Å². The third-order valence-corrected chi connectivity index (χ3v) is 3.99. The average Bonchev–Trinajstić information content (AvgIpc) is 2.60. The molecule has 0 atom stereocenters. The number of nitrogens with zero attached hydrogens (tertiary/aromatic N) is 3. The first kappa shape index (κ1) is 22.2. The molecule has 1 saturated heterocycles. The van der Waals surface area contributed by atoms with Crippen LogP contribution in [0.4, 0.5) is 10.1 Å². The SMILES string of the molecule is C=C(C)CN=C(N)NCCC(=O)N1CCN(c2ccc(F)cc2)CC1.I. The smallest absolute Gasteiger partial charge is 0.224 e. The highest BCUT2D eigenvalue weighted by molar-refractivity contribution is 14.0. The zero-order chi connectivity index (χ0) is 18.2. The van der Waals surface area contributed by atoms with Crippen molar-refractivity contribution in [1.29, 1.82) is 0 Å². The molecule has 1 heterocycles. The maximum Gasteiger partial charge on any atom is 0.224 e. The Hall–Kier alpha value is -1.84. The number of nitrogens with two attached hydrogens (primary N) is 1. The fourth-order valence-electron chi connectivity index (χ4n) is 2.60. The van der Waals surface area contributed by atoms with Gasteiger partial charge in [-0.15, -0.1) is 24.0 Å². The molecule has 0 aromatic heterocycles. The lowest BCUT2D eigenvalue weighted by Gasteiger charge is -2.36. The molecule has 0 bridgehead atoms. The highest BCUT2D eigenvalue weighted by Crippen LogP contribution is 2.17. The van der Waals surface area contributed by atoms with Crippen LogP contribution in [0.5, 0.6) is 0 Å². The molecule has 0 aliphatic carbocycles. The summed E-state index contributed by atoms with van der Waals surface area (Å²) in [5.74, 6) is 0.187. The number of carbonyl (C=O) groups is 1. The molecule has 8 heteroatoms. The lowest BCUT2D eigenvalue weighted by atomic mass is 10.2. The van der Waals surface area contributed by atoms with Crippen LogP contribution in [0.25, 0.3) is 0 Å². The van der Waals surface area contributed by atoms with Crippen LogP contribution in [0, 0.1) is 5.82 Å². The van der Waals surface area contributed by atoms with Gasteiger partial charge in [0, 0.05) is 44.8 Å². The molecule has 6 nitrogen and oxygen atoms in total. The number of hydrogen-bond acceptors (Lipinski definition) is 3. The summed E-state index contributed by atoms with van der Waals surface area (Å²) in [7, 11) is 0. The first-order valence-electron chi connectivity index (χ1n) is 8.42. The summed E-state index contributed by atoms with van der Waals surface area (Å²) < 4.78 is 13.0. The number of benzene rings is 1. The van der Waals surface area contributed by atoms with Gasteiger partial charge < -0.3 is 20.9 Å². The zero-order valence-corrected chi connectivity index (χ0v) is 17.4. The van der Waals surface area contributed by atoms with Crippen molar-refractivity contribution >= 4 is 41.5 Å². The van der Waals surface area contributed by atoms with Gasteiger partial charge in [-0.2, -0.15) is 0 Å². The molecule has 0 spiro atoms. The van der Waals surface area contributed by atoms with Gasteiger partial charge in [-0.3, -0.25) is 4.79 Å². The van der Waals surface area contributed by atoms with E-state index in [9.17, 15) is 9.18 Å². The standard InChI is InChI=1S/C18H26FN5O.HI/c1-14(2)13-22-18(20)21-8-7-17(25)24-11-9-23(10-12-24)16-5-3-15(19)4-6-16;/h3-6H,1,7-13H2,2H3,(H3,20,21,22);1H. The Bertz CT molecular complexity index is 627. The van der Waals surface area contributed by atoms with Gasteiger partial charge >= 0.3 is 0 Å². The fourth-order valence-corrected chi connectivity index (χ4v) is 2.60. The van der Waals surface area contributed by atoms with E-state index in [1.54, 1.807) is 12.1 Å². The van der Waals surface area contributed by atoms with E-state index in [0.717, 1.165) is 24.4 Å². The van der Waals surface area contributed by atoms with E-state index in [0.29, 0.717) is 38.6 Å². The molecule has 1 amide bonds. The molecular formula is C18H27FIN5O. The van der Waals surface area contributed by atoms with Crippen LogP contribution in [0.2, 0.25) is 0 Å². The molecule has 1 fully saturated rings. The van der Waals surface area contributed by atoms with Gasteiger partial charge in [-0.25, -0.2) is 9.38 Å². The lowest BCUT2D eigenvalue weighted by molar-refractivity contribution is -0.131. The summed E-state index contributed by atoms with van der Waals surface area (Å²) in [6.45, 7) is 9.39. The second-order valence-electron chi connectivity index (χ2n) is 6.18. The third-order valence-electron chi connectivity index (χ3n) is 3.99. The fraction of sp³-hybridized carbons (Fsp3) is 0.444. The summed E-state index contributed by atoms with van der Waals surface area (Å²) in [5.41, 5.74) is 7.63. The predicted octanol–water partition coefficient (Wildman–Crippen LogP) is 1.96. The number of hydrogen-bond donors (Lipinski definition) is 2. The van der Waals surface area contributed by atoms with Gasteiger partial charge in [0.25, 0.3) is 0 Å². The van der Waals surface area contributed by atoms with Crippen molar-refractivity contribution in [2.45, 2.75) is 13.3 Å². The van der Waals surface area contributed by atoms with Gasteiger partial charge in [0.2, 0.25) is 5.91 Å². The summed E-state index contributed by atoms with van der Waals surface area (Å²) in [5, 5.41) is 2.94. The van der Waals surface area contributed by atoms with Crippen LogP contribution in [-0.4, -0.2) is 56.0 Å². The number of carbonyl (C=O) groups excluding carboxylic acids is 1. The number of rotatable bonds is 6. The molecule has 0 radical (unpaired) electrons. The topological polar surface area (TPSA) is 74.0 Å². The number of nitrogens with one attached hydrogen (secondary N) is 1. The molecule has 3 N–H and O–H groups in total. The molecule has 1 aromatic rings. The Morgan fingerprint density at radius 1 is 1.27 bits per heavy atom. The number of amides is 1. The highest BCUT2D eigenvalue weighted by atomic mass is 127. The van der Waals surface area contributed by atoms with E-state index in [4.69, 9.17) is 5.73 Å². The molecule has 1 aliphatic heterocycles. The van der Waals surface area contributed by atoms with E-state index >= 15 is 0 Å². The van der Waals surface area contributed by atoms with Crippen LogP contribution in [0.1, 0.15) is 13.3 Å². The third kappa shape index (κ3) is 7.19. The van der Waals surface area contributed by atoms with Crippen LogP contribution in [0.15, 0.2) is 41.4 Å². The molecule has 0 unspecified atom stereocenters. The number of anilines is 1. The normalized spacial score (nSPS) is 14.6. The second kappa shape index (κ2) is 11.0. The van der Waals surface area contributed by atoms with E-state index in [1.165, 1.54) is 12.1 Å². The van der Waals surface area contributed by atoms with Crippen molar-refractivity contribution in [2.24, 2.45) is 10.7 Å². The summed E-state index contributed by atoms with van der Waals surface area (Å²) in [6.07, 6.45) is 0.375. The molecule has 0 saturated carbocycles. The Morgan fingerprint density at radius 2 is 1.88 bits per heavy atom. The molecule has 26 heavy (non-hydrogen) atoms. The van der Waals surface area contributed by atoms with Gasteiger partial charge in [0.15, 0.2) is 5.96 Å². The molecule has 2 rings (SSSR count). The summed E-state index contributed by atoms with van der Waals surface area (Å²) in [4.78, 5) is 20.4. The highest BCUT2D eigenvalue weighted by Gasteiger charge is 2.20. The monoisotopic (exact) mass is 475 g/mol. The molecule has 1 aliphatic rings. The Kier molecular flexibility index (Phi) is 9.39. The van der Waals surface area contributed by atoms with Crippen LogP contribution >= 0.6 is 24.0 Å². The van der Waals surface area contributed by atoms with Crippen molar-refractivity contribution in [3.63, 3.8) is 0 Å². The Morgan fingerprint density at radius 3 is 2.46 bits per heavy atom. The maximum absolute atomic E-state index is 13.0. The largest absolute Gasteiger partial charge is 0.370 e. The molecular weight excluding hydrogens is 448 g/mol. The van der Waals surface area contributed by atoms with Crippen LogP contribution < -0.4 is 16.0 Å². The molecule has 1 aromatic carbocycles.